The Morgan fingerprint density at radius 1 is 1.33 bits per heavy atom. The molecule has 0 radical (unpaired) electrons. The Hall–Kier alpha value is -1.39. The summed E-state index contributed by atoms with van der Waals surface area (Å²) in [5.41, 5.74) is 6.86. The van der Waals surface area contributed by atoms with Crippen LogP contribution < -0.4 is 10.5 Å². The van der Waals surface area contributed by atoms with Gasteiger partial charge in [-0.25, -0.2) is 0 Å². The molecule has 2 N–H and O–H groups in total. The lowest BCUT2D eigenvalue weighted by Gasteiger charge is -2.10. The molecule has 0 atom stereocenters. The maximum Gasteiger partial charge on any atom is 0.392 e. The average molecular weight is 219 g/mol. The number of ether oxygens (including phenoxy) is 1. The number of halogens is 3. The molecule has 0 aliphatic rings. The molecule has 5 heteroatoms. The molecule has 0 fully saturated rings. The van der Waals surface area contributed by atoms with Crippen molar-refractivity contribution in [1.29, 1.82) is 0 Å². The standard InChI is InChI=1S/C10H12F3NO/c1-7-2-3-9(8(14)6-7)15-5-4-10(11,12)13/h2-3,6H,4-5,14H2,1H3. The van der Waals surface area contributed by atoms with Crippen LogP contribution in [0.1, 0.15) is 12.0 Å². The van der Waals surface area contributed by atoms with Gasteiger partial charge in [-0.15, -0.1) is 0 Å². The number of rotatable bonds is 3. The van der Waals surface area contributed by atoms with Gasteiger partial charge < -0.3 is 10.5 Å². The molecular weight excluding hydrogens is 207 g/mol. The molecule has 1 aromatic carbocycles. The van der Waals surface area contributed by atoms with E-state index < -0.39 is 19.2 Å². The van der Waals surface area contributed by atoms with E-state index in [1.165, 1.54) is 0 Å². The summed E-state index contributed by atoms with van der Waals surface area (Å²) < 4.78 is 40.4. The van der Waals surface area contributed by atoms with E-state index in [0.29, 0.717) is 11.4 Å². The minimum absolute atomic E-state index is 0.296. The Bertz CT molecular complexity index is 336. The molecule has 2 nitrogen and oxygen atoms in total. The first kappa shape index (κ1) is 11.7. The lowest BCUT2D eigenvalue weighted by atomic mass is 10.2. The number of nitrogen functional groups attached to an aromatic ring is 1. The maximum atomic E-state index is 11.8. The first-order valence-electron chi connectivity index (χ1n) is 4.44. The summed E-state index contributed by atoms with van der Waals surface area (Å²) in [4.78, 5) is 0. The molecule has 0 bridgehead atoms. The summed E-state index contributed by atoms with van der Waals surface area (Å²) in [6, 6.07) is 4.96. The van der Waals surface area contributed by atoms with Crippen molar-refractivity contribution in [3.8, 4) is 5.75 Å². The number of nitrogens with two attached hydrogens (primary N) is 1. The normalized spacial score (nSPS) is 11.5. The molecule has 0 heterocycles. The first-order valence-corrected chi connectivity index (χ1v) is 4.44. The zero-order valence-electron chi connectivity index (χ0n) is 8.27. The third-order valence-corrected chi connectivity index (χ3v) is 1.81. The van der Waals surface area contributed by atoms with Gasteiger partial charge in [0.2, 0.25) is 0 Å². The summed E-state index contributed by atoms with van der Waals surface area (Å²) in [7, 11) is 0. The van der Waals surface area contributed by atoms with E-state index in [1.807, 2.05) is 6.92 Å². The molecule has 0 aromatic heterocycles. The monoisotopic (exact) mass is 219 g/mol. The van der Waals surface area contributed by atoms with Crippen molar-refractivity contribution in [2.24, 2.45) is 0 Å². The second kappa shape index (κ2) is 4.42. The molecule has 0 unspecified atom stereocenters. The van der Waals surface area contributed by atoms with Gasteiger partial charge in [-0.05, 0) is 24.6 Å². The van der Waals surface area contributed by atoms with E-state index >= 15 is 0 Å². The van der Waals surface area contributed by atoms with Crippen LogP contribution in [-0.2, 0) is 0 Å². The zero-order valence-corrected chi connectivity index (χ0v) is 8.27. The van der Waals surface area contributed by atoms with E-state index in [4.69, 9.17) is 10.5 Å². The lowest BCUT2D eigenvalue weighted by molar-refractivity contribution is -0.139. The van der Waals surface area contributed by atoms with Crippen LogP contribution in [0.2, 0.25) is 0 Å². The van der Waals surface area contributed by atoms with E-state index in [-0.39, 0.29) is 0 Å². The van der Waals surface area contributed by atoms with Crippen molar-refractivity contribution in [3.63, 3.8) is 0 Å². The van der Waals surface area contributed by atoms with E-state index in [0.717, 1.165) is 5.56 Å². The minimum atomic E-state index is -4.19. The highest BCUT2D eigenvalue weighted by atomic mass is 19.4. The second-order valence-corrected chi connectivity index (χ2v) is 3.25. The molecule has 0 aliphatic heterocycles. The fourth-order valence-corrected chi connectivity index (χ4v) is 1.08. The number of alkyl halides is 3. The topological polar surface area (TPSA) is 35.2 Å². The van der Waals surface area contributed by atoms with Crippen molar-refractivity contribution < 1.29 is 17.9 Å². The van der Waals surface area contributed by atoms with Crippen molar-refractivity contribution in [3.05, 3.63) is 23.8 Å². The SMILES string of the molecule is Cc1ccc(OCCC(F)(F)F)c(N)c1. The summed E-state index contributed by atoms with van der Waals surface area (Å²) >= 11 is 0. The average Bonchev–Trinajstić information content (AvgIpc) is 2.07. The van der Waals surface area contributed by atoms with Crippen LogP contribution in [0, 0.1) is 6.92 Å². The van der Waals surface area contributed by atoms with Gasteiger partial charge >= 0.3 is 6.18 Å². The predicted molar refractivity (Wildman–Crippen MR) is 51.8 cm³/mol. The van der Waals surface area contributed by atoms with Crippen LogP contribution in [0.4, 0.5) is 18.9 Å². The molecule has 84 valence electrons. The number of hydrogen-bond acceptors (Lipinski definition) is 2. The number of hydrogen-bond donors (Lipinski definition) is 1. The van der Waals surface area contributed by atoms with Gasteiger partial charge in [-0.3, -0.25) is 0 Å². The molecular formula is C10H12F3NO. The van der Waals surface area contributed by atoms with Crippen LogP contribution in [0.3, 0.4) is 0 Å². The molecule has 0 spiro atoms. The summed E-state index contributed by atoms with van der Waals surface area (Å²) in [6.07, 6.45) is -5.17. The van der Waals surface area contributed by atoms with E-state index in [2.05, 4.69) is 0 Å². The molecule has 0 aliphatic carbocycles. The summed E-state index contributed by atoms with van der Waals surface area (Å²) in [6.45, 7) is 1.44. The van der Waals surface area contributed by atoms with Crippen LogP contribution in [0.25, 0.3) is 0 Å². The Labute approximate surface area is 85.8 Å². The van der Waals surface area contributed by atoms with E-state index in [1.54, 1.807) is 18.2 Å². The quantitative estimate of drug-likeness (QED) is 0.793. The second-order valence-electron chi connectivity index (χ2n) is 3.25. The third-order valence-electron chi connectivity index (χ3n) is 1.81. The Morgan fingerprint density at radius 2 is 2.00 bits per heavy atom. The summed E-state index contributed by atoms with van der Waals surface area (Å²) in [5, 5.41) is 0. The highest BCUT2D eigenvalue weighted by molar-refractivity contribution is 5.53. The van der Waals surface area contributed by atoms with Gasteiger partial charge in [0.25, 0.3) is 0 Å². The van der Waals surface area contributed by atoms with Gasteiger partial charge in [0.05, 0.1) is 18.7 Å². The first-order chi connectivity index (χ1) is 6.88. The van der Waals surface area contributed by atoms with Crippen LogP contribution in [0.15, 0.2) is 18.2 Å². The van der Waals surface area contributed by atoms with Crippen molar-refractivity contribution in [2.75, 3.05) is 12.3 Å². The third kappa shape index (κ3) is 4.10. The van der Waals surface area contributed by atoms with Crippen molar-refractivity contribution in [2.45, 2.75) is 19.5 Å². The fraction of sp³-hybridized carbons (Fsp3) is 0.400. The Balaban J connectivity index is 2.51. The minimum Gasteiger partial charge on any atom is -0.491 e. The van der Waals surface area contributed by atoms with Gasteiger partial charge in [-0.1, -0.05) is 6.07 Å². The highest BCUT2D eigenvalue weighted by Gasteiger charge is 2.26. The van der Waals surface area contributed by atoms with Gasteiger partial charge in [0, 0.05) is 0 Å². The van der Waals surface area contributed by atoms with Gasteiger partial charge in [-0.2, -0.15) is 13.2 Å². The summed E-state index contributed by atoms with van der Waals surface area (Å²) in [5.74, 6) is 0.296. The molecule has 1 aromatic rings. The highest BCUT2D eigenvalue weighted by Crippen LogP contribution is 2.24. The smallest absolute Gasteiger partial charge is 0.392 e. The largest absolute Gasteiger partial charge is 0.491 e. The van der Waals surface area contributed by atoms with Crippen LogP contribution in [-0.4, -0.2) is 12.8 Å². The number of benzene rings is 1. The van der Waals surface area contributed by atoms with Gasteiger partial charge in [0.15, 0.2) is 0 Å². The number of aryl methyl sites for hydroxylation is 1. The van der Waals surface area contributed by atoms with Crippen LogP contribution in [0.5, 0.6) is 5.75 Å². The molecule has 1 rings (SSSR count). The number of anilines is 1. The predicted octanol–water partition coefficient (Wildman–Crippen LogP) is 2.91. The lowest BCUT2D eigenvalue weighted by Crippen LogP contribution is -2.13. The van der Waals surface area contributed by atoms with Gasteiger partial charge in [0.1, 0.15) is 5.75 Å². The van der Waals surface area contributed by atoms with E-state index in [9.17, 15) is 13.2 Å². The Morgan fingerprint density at radius 3 is 2.53 bits per heavy atom. The fourth-order valence-electron chi connectivity index (χ4n) is 1.08. The van der Waals surface area contributed by atoms with Crippen molar-refractivity contribution in [1.82, 2.24) is 0 Å². The molecule has 15 heavy (non-hydrogen) atoms. The molecule has 0 amide bonds. The molecule has 0 saturated heterocycles. The molecule has 0 saturated carbocycles. The van der Waals surface area contributed by atoms with Crippen LogP contribution >= 0.6 is 0 Å². The van der Waals surface area contributed by atoms with Crippen molar-refractivity contribution >= 4 is 5.69 Å². The maximum absolute atomic E-state index is 11.8. The zero-order chi connectivity index (χ0) is 11.5. The Kier molecular flexibility index (Phi) is 3.44.